The van der Waals surface area contributed by atoms with Gasteiger partial charge in [0.25, 0.3) is 5.91 Å². The van der Waals surface area contributed by atoms with Crippen LogP contribution >= 0.6 is 15.9 Å². The standard InChI is InChI=1S/C22H18BrFN4O2/c23-14-10-19(25-12-14)22(30)28-27-20(29)9-7-16-17-11-15(24)6-8-18(17)26-21(16)13-4-2-1-3-5-13/h1-6,8,10-12,25-26H,7,9H2,(H,27,29)(H,28,30). The highest BCUT2D eigenvalue weighted by atomic mass is 79.9. The van der Waals surface area contributed by atoms with Crippen molar-refractivity contribution in [1.82, 2.24) is 20.8 Å². The van der Waals surface area contributed by atoms with E-state index in [2.05, 4.69) is 36.7 Å². The fourth-order valence-corrected chi connectivity index (χ4v) is 3.67. The summed E-state index contributed by atoms with van der Waals surface area (Å²) in [5, 5.41) is 0.738. The van der Waals surface area contributed by atoms with Gasteiger partial charge in [-0.15, -0.1) is 0 Å². The van der Waals surface area contributed by atoms with Crippen LogP contribution in [0.25, 0.3) is 22.2 Å². The van der Waals surface area contributed by atoms with Crippen molar-refractivity contribution in [2.45, 2.75) is 12.8 Å². The first-order valence-electron chi connectivity index (χ1n) is 9.30. The molecule has 0 fully saturated rings. The molecule has 0 unspecified atom stereocenters. The molecule has 2 amide bonds. The van der Waals surface area contributed by atoms with E-state index in [0.29, 0.717) is 12.1 Å². The number of aryl methyl sites for hydroxylation is 1. The van der Waals surface area contributed by atoms with Gasteiger partial charge in [-0.25, -0.2) is 4.39 Å². The number of fused-ring (bicyclic) bond motifs is 1. The highest BCUT2D eigenvalue weighted by molar-refractivity contribution is 9.10. The molecule has 4 rings (SSSR count). The Labute approximate surface area is 180 Å². The Hall–Kier alpha value is -3.39. The molecule has 0 saturated carbocycles. The Morgan fingerprint density at radius 2 is 1.83 bits per heavy atom. The third-order valence-electron chi connectivity index (χ3n) is 4.74. The summed E-state index contributed by atoms with van der Waals surface area (Å²) in [4.78, 5) is 30.4. The first kappa shape index (κ1) is 19.9. The van der Waals surface area contributed by atoms with Crippen LogP contribution < -0.4 is 10.9 Å². The lowest BCUT2D eigenvalue weighted by Gasteiger charge is -2.08. The van der Waals surface area contributed by atoms with Crippen LogP contribution in [0, 0.1) is 5.82 Å². The molecule has 2 heterocycles. The van der Waals surface area contributed by atoms with Gasteiger partial charge < -0.3 is 9.97 Å². The van der Waals surface area contributed by atoms with E-state index in [1.54, 1.807) is 18.3 Å². The predicted octanol–water partition coefficient (Wildman–Crippen LogP) is 4.46. The predicted molar refractivity (Wildman–Crippen MR) is 116 cm³/mol. The van der Waals surface area contributed by atoms with Crippen molar-refractivity contribution < 1.29 is 14.0 Å². The van der Waals surface area contributed by atoms with Crippen molar-refractivity contribution >= 4 is 38.6 Å². The van der Waals surface area contributed by atoms with Gasteiger partial charge in [0.05, 0.1) is 0 Å². The average Bonchev–Trinajstić information content (AvgIpc) is 3.34. The van der Waals surface area contributed by atoms with Crippen LogP contribution in [0.15, 0.2) is 65.3 Å². The van der Waals surface area contributed by atoms with Gasteiger partial charge in [0, 0.05) is 33.7 Å². The summed E-state index contributed by atoms with van der Waals surface area (Å²) in [7, 11) is 0. The van der Waals surface area contributed by atoms with E-state index >= 15 is 0 Å². The highest BCUT2D eigenvalue weighted by Crippen LogP contribution is 2.31. The zero-order valence-electron chi connectivity index (χ0n) is 15.8. The first-order valence-corrected chi connectivity index (χ1v) is 10.1. The smallest absolute Gasteiger partial charge is 0.286 e. The zero-order chi connectivity index (χ0) is 21.1. The molecule has 0 radical (unpaired) electrons. The molecule has 0 aliphatic rings. The Kier molecular flexibility index (Phi) is 5.67. The van der Waals surface area contributed by atoms with Gasteiger partial charge >= 0.3 is 0 Å². The monoisotopic (exact) mass is 468 g/mol. The van der Waals surface area contributed by atoms with Crippen LogP contribution in [0.2, 0.25) is 0 Å². The molecule has 4 N–H and O–H groups in total. The van der Waals surface area contributed by atoms with E-state index in [1.807, 2.05) is 30.3 Å². The van der Waals surface area contributed by atoms with Gasteiger partial charge in [-0.1, -0.05) is 30.3 Å². The van der Waals surface area contributed by atoms with Crippen LogP contribution in [0.3, 0.4) is 0 Å². The molecule has 2 aromatic heterocycles. The van der Waals surface area contributed by atoms with Crippen molar-refractivity contribution in [3.05, 3.63) is 82.3 Å². The number of hydrogen-bond acceptors (Lipinski definition) is 2. The average molecular weight is 469 g/mol. The second kappa shape index (κ2) is 8.54. The minimum absolute atomic E-state index is 0.123. The normalized spacial score (nSPS) is 10.9. The molecule has 30 heavy (non-hydrogen) atoms. The number of nitrogens with one attached hydrogen (secondary N) is 4. The van der Waals surface area contributed by atoms with E-state index in [1.165, 1.54) is 12.1 Å². The number of halogens is 2. The van der Waals surface area contributed by atoms with Crippen molar-refractivity contribution in [3.63, 3.8) is 0 Å². The SMILES string of the molecule is O=C(CCc1c(-c2ccccc2)[nH]c2ccc(F)cc12)NNC(=O)c1cc(Br)c[nH]1. The van der Waals surface area contributed by atoms with Gasteiger partial charge in [-0.3, -0.25) is 20.4 Å². The summed E-state index contributed by atoms with van der Waals surface area (Å²) in [6.07, 6.45) is 2.12. The van der Waals surface area contributed by atoms with E-state index in [4.69, 9.17) is 0 Å². The first-order chi connectivity index (χ1) is 14.5. The minimum atomic E-state index is -0.451. The van der Waals surface area contributed by atoms with Crippen LogP contribution in [-0.4, -0.2) is 21.8 Å². The number of carbonyl (C=O) groups is 2. The molecule has 0 spiro atoms. The number of hydrazine groups is 1. The quantitative estimate of drug-likeness (QED) is 0.325. The molecule has 152 valence electrons. The maximum atomic E-state index is 13.9. The summed E-state index contributed by atoms with van der Waals surface area (Å²) in [5.41, 5.74) is 8.57. The maximum Gasteiger partial charge on any atom is 0.286 e. The van der Waals surface area contributed by atoms with Gasteiger partial charge in [0.15, 0.2) is 0 Å². The molecule has 0 aliphatic carbocycles. The molecule has 0 saturated heterocycles. The second-order valence-corrected chi connectivity index (χ2v) is 7.68. The van der Waals surface area contributed by atoms with Crippen LogP contribution in [0.4, 0.5) is 4.39 Å². The Morgan fingerprint density at radius 1 is 1.03 bits per heavy atom. The number of rotatable bonds is 5. The fourth-order valence-electron chi connectivity index (χ4n) is 3.32. The highest BCUT2D eigenvalue weighted by Gasteiger charge is 2.16. The summed E-state index contributed by atoms with van der Waals surface area (Å²) < 4.78 is 14.6. The number of H-pyrrole nitrogens is 2. The molecule has 4 aromatic rings. The van der Waals surface area contributed by atoms with Crippen molar-refractivity contribution in [3.8, 4) is 11.3 Å². The molecule has 0 aliphatic heterocycles. The van der Waals surface area contributed by atoms with Crippen LogP contribution in [-0.2, 0) is 11.2 Å². The van der Waals surface area contributed by atoms with Gasteiger partial charge in [0.1, 0.15) is 11.5 Å². The van der Waals surface area contributed by atoms with Crippen molar-refractivity contribution in [2.24, 2.45) is 0 Å². The number of hydrogen-bond donors (Lipinski definition) is 4. The molecule has 0 atom stereocenters. The van der Waals surface area contributed by atoms with E-state index < -0.39 is 5.91 Å². The molecular formula is C22H18BrFN4O2. The lowest BCUT2D eigenvalue weighted by atomic mass is 10.0. The van der Waals surface area contributed by atoms with Gasteiger partial charge in [-0.05, 0) is 57.7 Å². The van der Waals surface area contributed by atoms with E-state index in [9.17, 15) is 14.0 Å². The maximum absolute atomic E-state index is 13.9. The minimum Gasteiger partial charge on any atom is -0.356 e. The van der Waals surface area contributed by atoms with Gasteiger partial charge in [0.2, 0.25) is 5.91 Å². The fraction of sp³-hybridized carbons (Fsp3) is 0.0909. The summed E-state index contributed by atoms with van der Waals surface area (Å²) in [5.74, 6) is -1.14. The lowest BCUT2D eigenvalue weighted by Crippen LogP contribution is -2.41. The molecule has 2 aromatic carbocycles. The largest absolute Gasteiger partial charge is 0.356 e. The number of aromatic nitrogens is 2. The Balaban J connectivity index is 1.49. The number of amides is 2. The number of benzene rings is 2. The van der Waals surface area contributed by atoms with Gasteiger partial charge in [-0.2, -0.15) is 0 Å². The Morgan fingerprint density at radius 3 is 2.57 bits per heavy atom. The summed E-state index contributed by atoms with van der Waals surface area (Å²) in [6.45, 7) is 0. The summed E-state index contributed by atoms with van der Waals surface area (Å²) in [6, 6.07) is 15.8. The molecule has 0 bridgehead atoms. The summed E-state index contributed by atoms with van der Waals surface area (Å²) >= 11 is 3.25. The van der Waals surface area contributed by atoms with Crippen LogP contribution in [0.5, 0.6) is 0 Å². The number of carbonyl (C=O) groups excluding carboxylic acids is 2. The third kappa shape index (κ3) is 4.28. The number of aromatic amines is 2. The third-order valence-corrected chi connectivity index (χ3v) is 5.20. The van der Waals surface area contributed by atoms with E-state index in [0.717, 1.165) is 32.2 Å². The zero-order valence-corrected chi connectivity index (χ0v) is 17.3. The van der Waals surface area contributed by atoms with Crippen molar-refractivity contribution in [1.29, 1.82) is 0 Å². The molecular weight excluding hydrogens is 451 g/mol. The molecule has 6 nitrogen and oxygen atoms in total. The van der Waals surface area contributed by atoms with Crippen LogP contribution in [0.1, 0.15) is 22.5 Å². The second-order valence-electron chi connectivity index (χ2n) is 6.77. The topological polar surface area (TPSA) is 89.8 Å². The van der Waals surface area contributed by atoms with E-state index in [-0.39, 0.29) is 18.1 Å². The van der Waals surface area contributed by atoms with Crippen molar-refractivity contribution in [2.75, 3.05) is 0 Å². The Bertz CT molecular complexity index is 1220. The lowest BCUT2D eigenvalue weighted by molar-refractivity contribution is -0.121. The molecule has 8 heteroatoms.